The second-order valence-electron chi connectivity index (χ2n) is 9.18. The molecule has 1 saturated heterocycles. The first-order valence-corrected chi connectivity index (χ1v) is 12.1. The number of nitrogens with zero attached hydrogens (tertiary/aromatic N) is 2. The topological polar surface area (TPSA) is 86.8 Å². The van der Waals surface area contributed by atoms with Crippen molar-refractivity contribution in [2.24, 2.45) is 5.92 Å². The Hall–Kier alpha value is -1.93. The van der Waals surface area contributed by atoms with Gasteiger partial charge in [0.25, 0.3) is 0 Å². The molecule has 1 aromatic rings. The molecule has 1 N–H and O–H groups in total. The zero-order valence-corrected chi connectivity index (χ0v) is 19.6. The number of fused-ring (bicyclic) bond motifs is 1. The van der Waals surface area contributed by atoms with Gasteiger partial charge >= 0.3 is 0 Å². The summed E-state index contributed by atoms with van der Waals surface area (Å²) in [4.78, 5) is 27.2. The maximum absolute atomic E-state index is 13.5. The molecule has 2 heterocycles. The molecule has 8 heteroatoms. The van der Waals surface area contributed by atoms with Crippen molar-refractivity contribution in [3.05, 3.63) is 23.3 Å². The van der Waals surface area contributed by atoms with Crippen molar-refractivity contribution in [3.8, 4) is 0 Å². The van der Waals surface area contributed by atoms with E-state index in [0.29, 0.717) is 25.9 Å². The van der Waals surface area contributed by atoms with Crippen LogP contribution in [-0.4, -0.2) is 50.2 Å². The minimum absolute atomic E-state index is 0.0129. The molecule has 0 spiro atoms. The van der Waals surface area contributed by atoms with Crippen LogP contribution in [0.4, 0.5) is 5.69 Å². The normalized spacial score (nSPS) is 21.8. The molecule has 0 saturated carbocycles. The fourth-order valence-electron chi connectivity index (χ4n) is 4.51. The highest BCUT2D eigenvalue weighted by molar-refractivity contribution is 7.89. The Morgan fingerprint density at radius 2 is 1.97 bits per heavy atom. The maximum atomic E-state index is 13.5. The van der Waals surface area contributed by atoms with Crippen LogP contribution in [0.2, 0.25) is 0 Å². The number of amides is 2. The SMILES string of the molecule is CCN1C(=O)C(C)(C)c2cc(S(=O)(=O)N3CCCC(C(=O)NC(C)C)C3)cc(C)c21. The van der Waals surface area contributed by atoms with E-state index in [1.807, 2.05) is 41.5 Å². The molecule has 1 fully saturated rings. The summed E-state index contributed by atoms with van der Waals surface area (Å²) in [5.41, 5.74) is 1.57. The molecule has 0 radical (unpaired) electrons. The average molecular weight is 436 g/mol. The van der Waals surface area contributed by atoms with Gasteiger partial charge in [0.2, 0.25) is 21.8 Å². The van der Waals surface area contributed by atoms with Crippen LogP contribution < -0.4 is 10.2 Å². The highest BCUT2D eigenvalue weighted by Gasteiger charge is 2.45. The van der Waals surface area contributed by atoms with Crippen LogP contribution in [0, 0.1) is 12.8 Å². The van der Waals surface area contributed by atoms with Crippen LogP contribution >= 0.6 is 0 Å². The summed E-state index contributed by atoms with van der Waals surface area (Å²) >= 11 is 0. The number of rotatable bonds is 5. The molecule has 3 rings (SSSR count). The van der Waals surface area contributed by atoms with Crippen LogP contribution in [0.25, 0.3) is 0 Å². The summed E-state index contributed by atoms with van der Waals surface area (Å²) < 4.78 is 28.4. The van der Waals surface area contributed by atoms with E-state index in [1.165, 1.54) is 4.31 Å². The Balaban J connectivity index is 1.96. The van der Waals surface area contributed by atoms with Crippen molar-refractivity contribution in [2.45, 2.75) is 70.7 Å². The molecule has 0 aromatic heterocycles. The molecule has 30 heavy (non-hydrogen) atoms. The molecule has 1 atom stereocenters. The van der Waals surface area contributed by atoms with Gasteiger partial charge in [0.05, 0.1) is 21.9 Å². The van der Waals surface area contributed by atoms with Crippen molar-refractivity contribution < 1.29 is 18.0 Å². The van der Waals surface area contributed by atoms with E-state index in [0.717, 1.165) is 16.8 Å². The molecule has 166 valence electrons. The number of nitrogens with one attached hydrogen (secondary N) is 1. The summed E-state index contributed by atoms with van der Waals surface area (Å²) in [7, 11) is -3.77. The summed E-state index contributed by atoms with van der Waals surface area (Å²) in [6, 6.07) is 3.33. The number of piperidine rings is 1. The summed E-state index contributed by atoms with van der Waals surface area (Å²) in [6.45, 7) is 12.4. The summed E-state index contributed by atoms with van der Waals surface area (Å²) in [6.07, 6.45) is 1.33. The number of sulfonamides is 1. The van der Waals surface area contributed by atoms with Crippen LogP contribution in [0.5, 0.6) is 0 Å². The lowest BCUT2D eigenvalue weighted by molar-refractivity contribution is -0.126. The Morgan fingerprint density at radius 1 is 1.30 bits per heavy atom. The number of benzene rings is 1. The van der Waals surface area contributed by atoms with Gasteiger partial charge in [0.1, 0.15) is 0 Å². The first-order valence-electron chi connectivity index (χ1n) is 10.7. The van der Waals surface area contributed by atoms with Gasteiger partial charge in [-0.3, -0.25) is 9.59 Å². The second kappa shape index (κ2) is 7.96. The fourth-order valence-corrected chi connectivity index (χ4v) is 6.15. The lowest BCUT2D eigenvalue weighted by Gasteiger charge is -2.32. The van der Waals surface area contributed by atoms with Crippen molar-refractivity contribution in [1.82, 2.24) is 9.62 Å². The van der Waals surface area contributed by atoms with E-state index in [-0.39, 0.29) is 35.2 Å². The van der Waals surface area contributed by atoms with E-state index < -0.39 is 15.4 Å². The minimum Gasteiger partial charge on any atom is -0.354 e. The zero-order chi connectivity index (χ0) is 22.4. The van der Waals surface area contributed by atoms with Gasteiger partial charge in [-0.25, -0.2) is 8.42 Å². The summed E-state index contributed by atoms with van der Waals surface area (Å²) in [5.74, 6) is -0.457. The van der Waals surface area contributed by atoms with E-state index in [2.05, 4.69) is 5.32 Å². The van der Waals surface area contributed by atoms with Crippen LogP contribution in [-0.2, 0) is 25.0 Å². The molecule has 2 aliphatic heterocycles. The van der Waals surface area contributed by atoms with E-state index >= 15 is 0 Å². The number of anilines is 1. The van der Waals surface area contributed by atoms with Crippen molar-refractivity contribution in [2.75, 3.05) is 24.5 Å². The highest BCUT2D eigenvalue weighted by atomic mass is 32.2. The Morgan fingerprint density at radius 3 is 2.57 bits per heavy atom. The summed E-state index contributed by atoms with van der Waals surface area (Å²) in [5, 5.41) is 2.89. The number of carbonyl (C=O) groups excluding carboxylic acids is 2. The van der Waals surface area contributed by atoms with Gasteiger partial charge in [0.15, 0.2) is 0 Å². The molecular weight excluding hydrogens is 402 g/mol. The molecule has 0 bridgehead atoms. The Bertz CT molecular complexity index is 969. The maximum Gasteiger partial charge on any atom is 0.243 e. The fraction of sp³-hybridized carbons (Fsp3) is 0.636. The van der Waals surface area contributed by atoms with Gasteiger partial charge in [-0.05, 0) is 77.6 Å². The number of aryl methyl sites for hydroxylation is 1. The van der Waals surface area contributed by atoms with Gasteiger partial charge < -0.3 is 10.2 Å². The third kappa shape index (κ3) is 3.75. The third-order valence-corrected chi connectivity index (χ3v) is 7.98. The number of hydrogen-bond donors (Lipinski definition) is 1. The predicted octanol–water partition coefficient (Wildman–Crippen LogP) is 2.56. The quantitative estimate of drug-likeness (QED) is 0.770. The lowest BCUT2D eigenvalue weighted by Crippen LogP contribution is -2.46. The third-order valence-electron chi connectivity index (χ3n) is 6.14. The van der Waals surface area contributed by atoms with Crippen LogP contribution in [0.3, 0.4) is 0 Å². The predicted molar refractivity (Wildman–Crippen MR) is 117 cm³/mol. The van der Waals surface area contributed by atoms with Crippen molar-refractivity contribution in [3.63, 3.8) is 0 Å². The smallest absolute Gasteiger partial charge is 0.243 e. The van der Waals surface area contributed by atoms with Crippen molar-refractivity contribution in [1.29, 1.82) is 0 Å². The number of likely N-dealkylation sites (N-methyl/N-ethyl adjacent to an activating group) is 1. The van der Waals surface area contributed by atoms with E-state index in [9.17, 15) is 18.0 Å². The number of hydrogen-bond acceptors (Lipinski definition) is 4. The standard InChI is InChI=1S/C22H33N3O4S/c1-7-25-19-15(4)11-17(12-18(19)22(5,6)21(25)27)30(28,29)24-10-8-9-16(13-24)20(26)23-14(2)3/h11-12,14,16H,7-10,13H2,1-6H3,(H,23,26). The first-order chi connectivity index (χ1) is 13.9. The van der Waals surface area contributed by atoms with Crippen molar-refractivity contribution >= 4 is 27.5 Å². The van der Waals surface area contributed by atoms with Gasteiger partial charge in [-0.1, -0.05) is 0 Å². The van der Waals surface area contributed by atoms with Gasteiger partial charge in [-0.2, -0.15) is 4.31 Å². The second-order valence-corrected chi connectivity index (χ2v) is 11.1. The minimum atomic E-state index is -3.77. The largest absolute Gasteiger partial charge is 0.354 e. The molecule has 7 nitrogen and oxygen atoms in total. The van der Waals surface area contributed by atoms with Gasteiger partial charge in [0, 0.05) is 25.7 Å². The molecule has 2 aliphatic rings. The lowest BCUT2D eigenvalue weighted by atomic mass is 9.85. The Labute approximate surface area is 179 Å². The zero-order valence-electron chi connectivity index (χ0n) is 18.8. The van der Waals surface area contributed by atoms with Crippen LogP contribution in [0.1, 0.15) is 58.6 Å². The Kier molecular flexibility index (Phi) is 6.04. The average Bonchev–Trinajstić information content (AvgIpc) is 2.87. The van der Waals surface area contributed by atoms with E-state index in [1.54, 1.807) is 17.0 Å². The monoisotopic (exact) mass is 435 g/mol. The molecular formula is C22H33N3O4S. The van der Waals surface area contributed by atoms with E-state index in [4.69, 9.17) is 0 Å². The molecule has 1 aromatic carbocycles. The molecule has 0 aliphatic carbocycles. The van der Waals surface area contributed by atoms with Gasteiger partial charge in [-0.15, -0.1) is 0 Å². The first kappa shape index (κ1) is 22.7. The highest BCUT2D eigenvalue weighted by Crippen LogP contribution is 2.45. The molecule has 1 unspecified atom stereocenters. The number of carbonyl (C=O) groups is 2. The molecule has 2 amide bonds. The van der Waals surface area contributed by atoms with Crippen LogP contribution in [0.15, 0.2) is 17.0 Å².